The average Bonchev–Trinajstić information content (AvgIpc) is 2.51. The third-order valence-corrected chi connectivity index (χ3v) is 3.38. The van der Waals surface area contributed by atoms with Crippen LogP contribution in [0, 0.1) is 0 Å². The largest absolute Gasteiger partial charge is 0.497 e. The fraction of sp³-hybridized carbons (Fsp3) is 0.125. The molecule has 0 fully saturated rings. The van der Waals surface area contributed by atoms with E-state index in [4.69, 9.17) is 13.5 Å². The van der Waals surface area contributed by atoms with Crippen molar-refractivity contribution < 1.29 is 21.9 Å². The summed E-state index contributed by atoms with van der Waals surface area (Å²) in [5, 5.41) is 0. The Hall–Kier alpha value is -2.15. The van der Waals surface area contributed by atoms with Gasteiger partial charge in [-0.3, -0.25) is 4.55 Å². The third-order valence-electron chi connectivity index (χ3n) is 2.93. The summed E-state index contributed by atoms with van der Waals surface area (Å²) in [7, 11) is -3.04. The molecule has 0 radical (unpaired) electrons. The standard InChI is InChI=1S/C16H16O5S/c1-20-15-10-8-14(9-11-15)16(21-22(17,18)19)12-7-13-5-3-2-4-6-13/h2-12,16H,1H3,(H,17,18,19)/b12-7+. The Morgan fingerprint density at radius 3 is 2.23 bits per heavy atom. The summed E-state index contributed by atoms with van der Waals surface area (Å²) < 4.78 is 40.8. The molecule has 0 aromatic heterocycles. The zero-order chi connectivity index (χ0) is 16.0. The molecular weight excluding hydrogens is 304 g/mol. The minimum atomic E-state index is -4.57. The van der Waals surface area contributed by atoms with Crippen LogP contribution in [0.1, 0.15) is 17.2 Å². The molecule has 116 valence electrons. The molecule has 2 aromatic carbocycles. The number of ether oxygens (including phenoxy) is 1. The number of hydrogen-bond donors (Lipinski definition) is 1. The maximum atomic E-state index is 11.0. The second-order valence-corrected chi connectivity index (χ2v) is 5.54. The van der Waals surface area contributed by atoms with Crippen LogP contribution < -0.4 is 4.74 Å². The van der Waals surface area contributed by atoms with E-state index in [0.29, 0.717) is 11.3 Å². The van der Waals surface area contributed by atoms with Gasteiger partial charge in [-0.05, 0) is 29.3 Å². The van der Waals surface area contributed by atoms with Gasteiger partial charge in [-0.2, -0.15) is 8.42 Å². The Labute approximate surface area is 129 Å². The van der Waals surface area contributed by atoms with Crippen molar-refractivity contribution in [2.24, 2.45) is 0 Å². The van der Waals surface area contributed by atoms with E-state index < -0.39 is 16.5 Å². The molecule has 0 spiro atoms. The third kappa shape index (κ3) is 5.00. The monoisotopic (exact) mass is 320 g/mol. The van der Waals surface area contributed by atoms with Gasteiger partial charge in [0.15, 0.2) is 0 Å². The Bertz CT molecular complexity index is 721. The Morgan fingerprint density at radius 1 is 1.05 bits per heavy atom. The first-order valence-corrected chi connectivity index (χ1v) is 7.87. The molecule has 0 bridgehead atoms. The van der Waals surface area contributed by atoms with Crippen LogP contribution in [0.5, 0.6) is 5.75 Å². The van der Waals surface area contributed by atoms with Crippen LogP contribution in [-0.2, 0) is 14.6 Å². The maximum absolute atomic E-state index is 11.0. The summed E-state index contributed by atoms with van der Waals surface area (Å²) in [6.07, 6.45) is 2.35. The lowest BCUT2D eigenvalue weighted by Crippen LogP contribution is -2.09. The molecule has 0 heterocycles. The molecule has 0 aliphatic carbocycles. The second kappa shape index (κ2) is 7.22. The first-order valence-electron chi connectivity index (χ1n) is 6.51. The lowest BCUT2D eigenvalue weighted by molar-refractivity contribution is 0.223. The highest BCUT2D eigenvalue weighted by Gasteiger charge is 2.16. The summed E-state index contributed by atoms with van der Waals surface area (Å²) >= 11 is 0. The van der Waals surface area contributed by atoms with Crippen LogP contribution in [0.2, 0.25) is 0 Å². The SMILES string of the molecule is COc1ccc(C(/C=C/c2ccccc2)OS(=O)(=O)O)cc1. The summed E-state index contributed by atoms with van der Waals surface area (Å²) in [6, 6.07) is 16.1. The highest BCUT2D eigenvalue weighted by Crippen LogP contribution is 2.24. The van der Waals surface area contributed by atoms with E-state index in [1.807, 2.05) is 30.3 Å². The quantitative estimate of drug-likeness (QED) is 0.827. The Balaban J connectivity index is 2.27. The van der Waals surface area contributed by atoms with E-state index in [1.54, 1.807) is 36.4 Å². The second-order valence-electron chi connectivity index (χ2n) is 4.49. The summed E-state index contributed by atoms with van der Waals surface area (Å²) in [5.74, 6) is 0.640. The van der Waals surface area contributed by atoms with Gasteiger partial charge in [0.2, 0.25) is 0 Å². The van der Waals surface area contributed by atoms with Gasteiger partial charge in [0.05, 0.1) is 7.11 Å². The van der Waals surface area contributed by atoms with Gasteiger partial charge in [-0.15, -0.1) is 0 Å². The first kappa shape index (κ1) is 16.2. The van der Waals surface area contributed by atoms with Crippen LogP contribution in [-0.4, -0.2) is 20.1 Å². The molecule has 0 saturated heterocycles. The molecule has 0 saturated carbocycles. The zero-order valence-corrected chi connectivity index (χ0v) is 12.7. The fourth-order valence-electron chi connectivity index (χ4n) is 1.89. The number of benzene rings is 2. The van der Waals surface area contributed by atoms with Crippen molar-refractivity contribution >= 4 is 16.5 Å². The van der Waals surface area contributed by atoms with Crippen molar-refractivity contribution in [1.82, 2.24) is 0 Å². The van der Waals surface area contributed by atoms with Crippen molar-refractivity contribution in [1.29, 1.82) is 0 Å². The van der Waals surface area contributed by atoms with E-state index in [2.05, 4.69) is 0 Å². The van der Waals surface area contributed by atoms with Crippen LogP contribution in [0.4, 0.5) is 0 Å². The highest BCUT2D eigenvalue weighted by molar-refractivity contribution is 7.80. The summed E-state index contributed by atoms with van der Waals surface area (Å²) in [6.45, 7) is 0. The molecule has 0 amide bonds. The highest BCUT2D eigenvalue weighted by atomic mass is 32.3. The van der Waals surface area contributed by atoms with Crippen molar-refractivity contribution in [2.45, 2.75) is 6.10 Å². The molecule has 22 heavy (non-hydrogen) atoms. The van der Waals surface area contributed by atoms with Gasteiger partial charge in [0.25, 0.3) is 0 Å². The molecule has 2 aromatic rings. The molecule has 5 nitrogen and oxygen atoms in total. The average molecular weight is 320 g/mol. The van der Waals surface area contributed by atoms with Crippen LogP contribution in [0.3, 0.4) is 0 Å². The van der Waals surface area contributed by atoms with E-state index in [-0.39, 0.29) is 0 Å². The van der Waals surface area contributed by atoms with Crippen molar-refractivity contribution in [3.8, 4) is 5.75 Å². The molecule has 0 aliphatic rings. The Morgan fingerprint density at radius 2 is 1.68 bits per heavy atom. The Kier molecular flexibility index (Phi) is 5.32. The number of rotatable bonds is 6. The molecule has 1 atom stereocenters. The molecular formula is C16H16O5S. The van der Waals surface area contributed by atoms with Crippen molar-refractivity contribution in [2.75, 3.05) is 7.11 Å². The lowest BCUT2D eigenvalue weighted by Gasteiger charge is -2.12. The number of hydrogen-bond acceptors (Lipinski definition) is 4. The smallest absolute Gasteiger partial charge is 0.398 e. The molecule has 1 N–H and O–H groups in total. The molecule has 1 unspecified atom stereocenters. The van der Waals surface area contributed by atoms with E-state index in [1.165, 1.54) is 7.11 Å². The van der Waals surface area contributed by atoms with Crippen LogP contribution in [0.25, 0.3) is 6.08 Å². The number of methoxy groups -OCH3 is 1. The van der Waals surface area contributed by atoms with Gasteiger partial charge in [-0.1, -0.05) is 48.5 Å². The maximum Gasteiger partial charge on any atom is 0.398 e. The summed E-state index contributed by atoms with van der Waals surface area (Å²) in [5.41, 5.74) is 1.46. The van der Waals surface area contributed by atoms with Crippen molar-refractivity contribution in [3.05, 3.63) is 71.8 Å². The van der Waals surface area contributed by atoms with Gasteiger partial charge in [-0.25, -0.2) is 4.18 Å². The first-order chi connectivity index (χ1) is 10.5. The topological polar surface area (TPSA) is 72.8 Å². The molecule has 6 heteroatoms. The molecule has 2 rings (SSSR count). The zero-order valence-electron chi connectivity index (χ0n) is 11.9. The lowest BCUT2D eigenvalue weighted by atomic mass is 10.1. The van der Waals surface area contributed by atoms with Gasteiger partial charge in [0, 0.05) is 0 Å². The van der Waals surface area contributed by atoms with Gasteiger partial charge < -0.3 is 4.74 Å². The summed E-state index contributed by atoms with van der Waals surface area (Å²) in [4.78, 5) is 0. The van der Waals surface area contributed by atoms with Crippen LogP contribution >= 0.6 is 0 Å². The van der Waals surface area contributed by atoms with Crippen molar-refractivity contribution in [3.63, 3.8) is 0 Å². The normalized spacial score (nSPS) is 13.2. The minimum Gasteiger partial charge on any atom is -0.497 e. The fourth-order valence-corrected chi connectivity index (χ4v) is 2.32. The van der Waals surface area contributed by atoms with Gasteiger partial charge >= 0.3 is 10.4 Å². The van der Waals surface area contributed by atoms with Gasteiger partial charge in [0.1, 0.15) is 11.9 Å². The van der Waals surface area contributed by atoms with E-state index >= 15 is 0 Å². The van der Waals surface area contributed by atoms with E-state index in [0.717, 1.165) is 5.56 Å². The molecule has 0 aliphatic heterocycles. The van der Waals surface area contributed by atoms with E-state index in [9.17, 15) is 8.42 Å². The predicted molar refractivity (Wildman–Crippen MR) is 83.8 cm³/mol. The van der Waals surface area contributed by atoms with Crippen LogP contribution in [0.15, 0.2) is 60.7 Å². The predicted octanol–water partition coefficient (Wildman–Crippen LogP) is 3.27. The minimum absolute atomic E-state index is 0.575.